The Labute approximate surface area is 466 Å². The van der Waals surface area contributed by atoms with Crippen LogP contribution < -0.4 is 5.73 Å². The number of hydrogen-bond acceptors (Lipinski definition) is 8. The third-order valence-corrected chi connectivity index (χ3v) is 16.1. The van der Waals surface area contributed by atoms with Crippen molar-refractivity contribution in [1.29, 1.82) is 0 Å². The first-order valence-corrected chi connectivity index (χ1v) is 34.7. The highest BCUT2D eigenvalue weighted by Gasteiger charge is 2.26. The fourth-order valence-electron chi connectivity index (χ4n) is 10.2. The lowest BCUT2D eigenvalue weighted by molar-refractivity contribution is -0.161. The number of esters is 2. The summed E-state index contributed by atoms with van der Waals surface area (Å²) in [6, 6.07) is 0. The number of carbonyl (C=O) groups excluding carboxylic acids is 2. The van der Waals surface area contributed by atoms with Crippen molar-refractivity contribution in [2.45, 2.75) is 367 Å². The lowest BCUT2D eigenvalue weighted by Crippen LogP contribution is -2.29. The van der Waals surface area contributed by atoms with Gasteiger partial charge in [0.25, 0.3) is 0 Å². The second kappa shape index (κ2) is 62.0. The minimum Gasteiger partial charge on any atom is -0.462 e. The Hall–Kier alpha value is -1.25. The van der Waals surface area contributed by atoms with Gasteiger partial charge >= 0.3 is 19.8 Å². The predicted molar refractivity (Wildman–Crippen MR) is 321 cm³/mol. The van der Waals surface area contributed by atoms with Crippen LogP contribution in [0.1, 0.15) is 361 Å². The van der Waals surface area contributed by atoms with Gasteiger partial charge in [0.05, 0.1) is 13.2 Å². The molecule has 0 saturated heterocycles. The Morgan fingerprint density at radius 1 is 0.387 bits per heavy atom. The van der Waals surface area contributed by atoms with Gasteiger partial charge in [0.2, 0.25) is 0 Å². The van der Waals surface area contributed by atoms with Crippen LogP contribution in [0.25, 0.3) is 0 Å². The standard InChI is InChI=1S/C65H128NO8P/c1-3-5-7-9-11-13-15-17-18-19-20-21-22-23-24-25-26-27-28-29-30-31-32-33-34-35-36-37-38-39-40-41-42-43-44-46-47-49-51-53-55-57-64(67)71-61-63(62-73-75(69,70)72-60-59-66)74-65(68)58-56-54-52-50-48-45-16-14-12-10-8-6-4-2/h14,16,63H,3-13,15,17-62,66H2,1-2H3,(H,69,70)/b16-14-. The summed E-state index contributed by atoms with van der Waals surface area (Å²) in [4.78, 5) is 35.1. The highest BCUT2D eigenvalue weighted by molar-refractivity contribution is 7.47. The van der Waals surface area contributed by atoms with E-state index < -0.39 is 26.5 Å². The summed E-state index contributed by atoms with van der Waals surface area (Å²) >= 11 is 0. The van der Waals surface area contributed by atoms with Gasteiger partial charge in [-0.25, -0.2) is 4.57 Å². The number of hydrogen-bond donors (Lipinski definition) is 2. The molecule has 0 aliphatic carbocycles. The van der Waals surface area contributed by atoms with E-state index in [1.165, 1.54) is 276 Å². The smallest absolute Gasteiger partial charge is 0.462 e. The zero-order chi connectivity index (χ0) is 54.5. The molecule has 0 spiro atoms. The number of allylic oxidation sites excluding steroid dienone is 2. The fraction of sp³-hybridized carbons (Fsp3) is 0.938. The first kappa shape index (κ1) is 73.8. The van der Waals surface area contributed by atoms with Crippen LogP contribution in [0.2, 0.25) is 0 Å². The van der Waals surface area contributed by atoms with Crippen molar-refractivity contribution in [2.75, 3.05) is 26.4 Å². The van der Waals surface area contributed by atoms with Crippen LogP contribution in [0.4, 0.5) is 0 Å². The van der Waals surface area contributed by atoms with E-state index in [4.69, 9.17) is 24.3 Å². The van der Waals surface area contributed by atoms with Crippen molar-refractivity contribution in [2.24, 2.45) is 5.73 Å². The van der Waals surface area contributed by atoms with E-state index in [9.17, 15) is 19.0 Å². The normalized spacial score (nSPS) is 13.0. The van der Waals surface area contributed by atoms with Gasteiger partial charge < -0.3 is 20.1 Å². The minimum absolute atomic E-state index is 0.0551. The number of nitrogens with two attached hydrogens (primary N) is 1. The van der Waals surface area contributed by atoms with E-state index in [2.05, 4.69) is 26.0 Å². The number of carbonyl (C=O) groups is 2. The lowest BCUT2D eigenvalue weighted by atomic mass is 10.0. The first-order valence-electron chi connectivity index (χ1n) is 33.2. The number of phosphoric ester groups is 1. The molecule has 10 heteroatoms. The molecule has 3 N–H and O–H groups in total. The van der Waals surface area contributed by atoms with Gasteiger partial charge in [-0.3, -0.25) is 18.6 Å². The summed E-state index contributed by atoms with van der Waals surface area (Å²) in [6.07, 6.45) is 73.4. The Balaban J connectivity index is 3.64. The molecule has 446 valence electrons. The predicted octanol–water partition coefficient (Wildman–Crippen LogP) is 21.2. The van der Waals surface area contributed by atoms with Crippen LogP contribution in [-0.2, 0) is 32.7 Å². The van der Waals surface area contributed by atoms with E-state index in [0.717, 1.165) is 51.4 Å². The highest BCUT2D eigenvalue weighted by atomic mass is 31.2. The molecule has 0 saturated carbocycles. The molecule has 0 aliphatic rings. The number of unbranched alkanes of at least 4 members (excludes halogenated alkanes) is 49. The summed E-state index contributed by atoms with van der Waals surface area (Å²) in [5, 5.41) is 0. The van der Waals surface area contributed by atoms with Crippen molar-refractivity contribution in [3.05, 3.63) is 12.2 Å². The monoisotopic (exact) mass is 1080 g/mol. The molecular formula is C65H128NO8P. The van der Waals surface area contributed by atoms with Gasteiger partial charge in [-0.05, 0) is 38.5 Å². The second-order valence-corrected chi connectivity index (χ2v) is 24.2. The molecule has 2 unspecified atom stereocenters. The molecule has 0 aromatic rings. The average molecular weight is 1080 g/mol. The molecule has 0 radical (unpaired) electrons. The van der Waals surface area contributed by atoms with Gasteiger partial charge in [0.1, 0.15) is 6.61 Å². The zero-order valence-corrected chi connectivity index (χ0v) is 51.0. The summed E-state index contributed by atoms with van der Waals surface area (Å²) in [6.45, 7) is 3.77. The number of ether oxygens (including phenoxy) is 2. The molecular weight excluding hydrogens is 954 g/mol. The summed E-state index contributed by atoms with van der Waals surface area (Å²) in [7, 11) is -4.38. The molecule has 0 rings (SSSR count). The maximum Gasteiger partial charge on any atom is 0.472 e. The first-order chi connectivity index (χ1) is 36.8. The third-order valence-electron chi connectivity index (χ3n) is 15.2. The number of phosphoric acid groups is 1. The minimum atomic E-state index is -4.38. The van der Waals surface area contributed by atoms with E-state index in [0.29, 0.717) is 6.42 Å². The number of rotatable bonds is 64. The largest absolute Gasteiger partial charge is 0.472 e. The molecule has 0 aromatic carbocycles. The SMILES string of the molecule is CCCCCC/C=C\CCCCCCCC(=O)OC(COC(=O)CCCCCCCCCCCCCCCCCCCCCCCCCCCCCCCCCCCCCCCCCCC)COP(=O)(O)OCCN. The molecule has 0 aromatic heterocycles. The Kier molecular flexibility index (Phi) is 60.9. The van der Waals surface area contributed by atoms with Crippen molar-refractivity contribution >= 4 is 19.8 Å². The molecule has 2 atom stereocenters. The summed E-state index contributed by atoms with van der Waals surface area (Å²) < 4.78 is 33.0. The molecule has 0 bridgehead atoms. The zero-order valence-electron chi connectivity index (χ0n) is 50.1. The van der Waals surface area contributed by atoms with E-state index in [-0.39, 0.29) is 38.6 Å². The van der Waals surface area contributed by atoms with Gasteiger partial charge in [0.15, 0.2) is 6.10 Å². The van der Waals surface area contributed by atoms with Crippen LogP contribution >= 0.6 is 7.82 Å². The fourth-order valence-corrected chi connectivity index (χ4v) is 11.0. The highest BCUT2D eigenvalue weighted by Crippen LogP contribution is 2.43. The summed E-state index contributed by atoms with van der Waals surface area (Å²) in [5.41, 5.74) is 5.38. The van der Waals surface area contributed by atoms with Crippen molar-refractivity contribution < 1.29 is 37.6 Å². The second-order valence-electron chi connectivity index (χ2n) is 22.7. The topological polar surface area (TPSA) is 134 Å². The molecule has 75 heavy (non-hydrogen) atoms. The van der Waals surface area contributed by atoms with Crippen LogP contribution in [-0.4, -0.2) is 49.3 Å². The maximum absolute atomic E-state index is 12.6. The van der Waals surface area contributed by atoms with Crippen molar-refractivity contribution in [1.82, 2.24) is 0 Å². The lowest BCUT2D eigenvalue weighted by Gasteiger charge is -2.19. The van der Waals surface area contributed by atoms with E-state index >= 15 is 0 Å². The molecule has 0 heterocycles. The molecule has 0 aliphatic heterocycles. The van der Waals surface area contributed by atoms with Crippen LogP contribution in [0.5, 0.6) is 0 Å². The third kappa shape index (κ3) is 61.8. The molecule has 0 amide bonds. The van der Waals surface area contributed by atoms with E-state index in [1.54, 1.807) is 0 Å². The van der Waals surface area contributed by atoms with Crippen molar-refractivity contribution in [3.63, 3.8) is 0 Å². The van der Waals surface area contributed by atoms with Crippen LogP contribution in [0.3, 0.4) is 0 Å². The Morgan fingerprint density at radius 2 is 0.653 bits per heavy atom. The molecule has 9 nitrogen and oxygen atoms in total. The van der Waals surface area contributed by atoms with Crippen LogP contribution in [0.15, 0.2) is 12.2 Å². The van der Waals surface area contributed by atoms with Crippen molar-refractivity contribution in [3.8, 4) is 0 Å². The Morgan fingerprint density at radius 3 is 0.960 bits per heavy atom. The van der Waals surface area contributed by atoms with Gasteiger partial charge in [-0.2, -0.15) is 0 Å². The maximum atomic E-state index is 12.6. The summed E-state index contributed by atoms with van der Waals surface area (Å²) in [5.74, 6) is -0.820. The van der Waals surface area contributed by atoms with Crippen LogP contribution in [0, 0.1) is 0 Å². The molecule has 0 fully saturated rings. The van der Waals surface area contributed by atoms with E-state index in [1.807, 2.05) is 0 Å². The van der Waals surface area contributed by atoms with Gasteiger partial charge in [0, 0.05) is 19.4 Å². The average Bonchev–Trinajstić information content (AvgIpc) is 3.40. The quantitative estimate of drug-likeness (QED) is 0.0264. The van der Waals surface area contributed by atoms with Gasteiger partial charge in [-0.15, -0.1) is 0 Å². The van der Waals surface area contributed by atoms with Gasteiger partial charge in [-0.1, -0.05) is 321 Å². The Bertz CT molecular complexity index is 1230.